The fourth-order valence-electron chi connectivity index (χ4n) is 8.30. The minimum atomic E-state index is -4.95. The average molecular weight is 1170 g/mol. The first-order valence-corrected chi connectivity index (χ1v) is 34.0. The Kier molecular flexibility index (Phi) is 51.9. The minimum absolute atomic E-state index is 0.0846. The van der Waals surface area contributed by atoms with Gasteiger partial charge in [0.15, 0.2) is 12.2 Å². The van der Waals surface area contributed by atoms with Crippen molar-refractivity contribution < 1.29 is 80.2 Å². The Labute approximate surface area is 478 Å². The monoisotopic (exact) mass is 1170 g/mol. The Bertz CT molecular complexity index is 1640. The number of aliphatic hydroxyl groups excluding tert-OH is 1. The van der Waals surface area contributed by atoms with Crippen molar-refractivity contribution >= 4 is 39.5 Å². The van der Waals surface area contributed by atoms with E-state index in [0.717, 1.165) is 115 Å². The van der Waals surface area contributed by atoms with E-state index in [2.05, 4.69) is 58.9 Å². The predicted octanol–water partition coefficient (Wildman–Crippen LogP) is 15.8. The van der Waals surface area contributed by atoms with Gasteiger partial charge >= 0.3 is 39.5 Å². The molecule has 3 N–H and O–H groups in total. The number of phosphoric acid groups is 2. The SMILES string of the molecule is CCCCCC/C=C\C=C/CCCCCCCC(=O)O[C@H](COC(=O)CCCCCCCCCCCCC(C)CC)COP(=O)(O)OC[C@@H](O)COP(=O)(O)OC[C@@H](COC(=O)CCCCCCC)OC(=O)CCCCCCC. The van der Waals surface area contributed by atoms with Crippen molar-refractivity contribution in [3.05, 3.63) is 24.3 Å². The van der Waals surface area contributed by atoms with E-state index in [0.29, 0.717) is 25.7 Å². The van der Waals surface area contributed by atoms with Crippen LogP contribution >= 0.6 is 15.6 Å². The lowest BCUT2D eigenvalue weighted by Crippen LogP contribution is -2.30. The van der Waals surface area contributed by atoms with E-state index in [1.165, 1.54) is 77.0 Å². The van der Waals surface area contributed by atoms with E-state index in [-0.39, 0.29) is 25.7 Å². The maximum atomic E-state index is 12.9. The van der Waals surface area contributed by atoms with Gasteiger partial charge < -0.3 is 33.8 Å². The molecule has 0 aliphatic carbocycles. The third-order valence-corrected chi connectivity index (χ3v) is 15.4. The van der Waals surface area contributed by atoms with Crippen molar-refractivity contribution in [2.24, 2.45) is 5.92 Å². The van der Waals surface area contributed by atoms with Gasteiger partial charge in [-0.3, -0.25) is 37.3 Å². The van der Waals surface area contributed by atoms with Gasteiger partial charge in [0.2, 0.25) is 0 Å². The van der Waals surface area contributed by atoms with Crippen molar-refractivity contribution in [2.45, 2.75) is 291 Å². The number of aliphatic hydroxyl groups is 1. The van der Waals surface area contributed by atoms with E-state index >= 15 is 0 Å². The molecule has 464 valence electrons. The van der Waals surface area contributed by atoms with Crippen LogP contribution in [0.5, 0.6) is 0 Å². The van der Waals surface area contributed by atoms with Crippen LogP contribution in [0, 0.1) is 5.92 Å². The largest absolute Gasteiger partial charge is 0.472 e. The Morgan fingerprint density at radius 3 is 1.08 bits per heavy atom. The van der Waals surface area contributed by atoms with Crippen molar-refractivity contribution in [1.29, 1.82) is 0 Å². The molecule has 0 rings (SSSR count). The second-order valence-electron chi connectivity index (χ2n) is 21.3. The quantitative estimate of drug-likeness (QED) is 0.0169. The molecule has 0 spiro atoms. The number of unbranched alkanes of at least 4 members (excludes halogenated alkanes) is 26. The number of carbonyl (C=O) groups excluding carboxylic acids is 4. The summed E-state index contributed by atoms with van der Waals surface area (Å²) in [6.07, 6.45) is 39.1. The summed E-state index contributed by atoms with van der Waals surface area (Å²) in [6.45, 7) is 6.94. The molecule has 0 aliphatic rings. The van der Waals surface area contributed by atoms with E-state index < -0.39 is 97.5 Å². The van der Waals surface area contributed by atoms with Crippen molar-refractivity contribution in [1.82, 2.24) is 0 Å². The molecule has 0 aliphatic heterocycles. The number of carbonyl (C=O) groups is 4. The standard InChI is InChI=1S/C60H112O17P2/c1-6-10-13-16-17-18-19-20-21-22-23-28-31-36-41-46-60(65)77-56(50-71-58(63)44-39-35-30-27-25-24-26-29-34-37-42-53(5)9-4)52-75-79(68,69)73-48-54(61)47-72-78(66,67)74-51-55(76-59(64)45-40-33-15-12-8-3)49-70-57(62)43-38-32-14-11-7-2/h18-21,53-56,61H,6-17,22-52H2,1-5H3,(H,66,67)(H,68,69)/b19-18-,21-20-/t53?,54-,55+,56+/m0/s1. The molecule has 6 atom stereocenters. The summed E-state index contributed by atoms with van der Waals surface area (Å²) < 4.78 is 67.4. The molecule has 0 saturated carbocycles. The molecule has 0 aromatic carbocycles. The number of esters is 4. The fourth-order valence-corrected chi connectivity index (χ4v) is 9.88. The zero-order valence-corrected chi connectivity index (χ0v) is 51.8. The van der Waals surface area contributed by atoms with Crippen LogP contribution in [0.4, 0.5) is 0 Å². The molecule has 0 radical (unpaired) electrons. The molecule has 79 heavy (non-hydrogen) atoms. The highest BCUT2D eigenvalue weighted by atomic mass is 31.2. The van der Waals surface area contributed by atoms with Crippen LogP contribution in [0.2, 0.25) is 0 Å². The summed E-state index contributed by atoms with van der Waals surface area (Å²) in [5.74, 6) is -1.38. The van der Waals surface area contributed by atoms with Gasteiger partial charge in [0.25, 0.3) is 0 Å². The van der Waals surface area contributed by atoms with E-state index in [1.54, 1.807) is 0 Å². The highest BCUT2D eigenvalue weighted by Gasteiger charge is 2.30. The normalized spacial score (nSPS) is 14.9. The third kappa shape index (κ3) is 53.3. The molecule has 0 aromatic heterocycles. The summed E-state index contributed by atoms with van der Waals surface area (Å²) in [6, 6.07) is 0. The molecule has 3 unspecified atom stereocenters. The van der Waals surface area contributed by atoms with E-state index in [1.807, 2.05) is 0 Å². The summed E-state index contributed by atoms with van der Waals surface area (Å²) >= 11 is 0. The summed E-state index contributed by atoms with van der Waals surface area (Å²) in [5, 5.41) is 10.5. The van der Waals surface area contributed by atoms with Gasteiger partial charge in [0.05, 0.1) is 26.4 Å². The van der Waals surface area contributed by atoms with Crippen LogP contribution < -0.4 is 0 Å². The van der Waals surface area contributed by atoms with E-state index in [4.69, 9.17) is 37.0 Å². The molecular formula is C60H112O17P2. The second kappa shape index (κ2) is 53.5. The van der Waals surface area contributed by atoms with Gasteiger partial charge in [-0.15, -0.1) is 0 Å². The predicted molar refractivity (Wildman–Crippen MR) is 312 cm³/mol. The lowest BCUT2D eigenvalue weighted by molar-refractivity contribution is -0.161. The van der Waals surface area contributed by atoms with Crippen LogP contribution in [0.25, 0.3) is 0 Å². The van der Waals surface area contributed by atoms with Crippen LogP contribution in [-0.2, 0) is 65.4 Å². The minimum Gasteiger partial charge on any atom is -0.462 e. The van der Waals surface area contributed by atoms with Crippen LogP contribution in [0.15, 0.2) is 24.3 Å². The van der Waals surface area contributed by atoms with Gasteiger partial charge in [0, 0.05) is 25.7 Å². The molecule has 0 fully saturated rings. The first kappa shape index (κ1) is 76.5. The number of phosphoric ester groups is 2. The Hall–Kier alpha value is -2.46. The summed E-state index contributed by atoms with van der Waals surface area (Å²) in [7, 11) is -9.87. The van der Waals surface area contributed by atoms with Crippen LogP contribution in [0.1, 0.15) is 272 Å². The van der Waals surface area contributed by atoms with Crippen molar-refractivity contribution in [3.63, 3.8) is 0 Å². The molecule has 0 aromatic rings. The molecule has 17 nitrogen and oxygen atoms in total. The van der Waals surface area contributed by atoms with Crippen molar-refractivity contribution in [3.8, 4) is 0 Å². The van der Waals surface area contributed by atoms with Gasteiger partial charge in [-0.2, -0.15) is 0 Å². The number of hydrogen-bond donors (Lipinski definition) is 3. The maximum absolute atomic E-state index is 12.9. The van der Waals surface area contributed by atoms with Gasteiger partial charge in [-0.05, 0) is 57.3 Å². The first-order chi connectivity index (χ1) is 38.1. The van der Waals surface area contributed by atoms with Crippen LogP contribution in [-0.4, -0.2) is 96.7 Å². The molecular weight excluding hydrogens is 1050 g/mol. The molecule has 0 heterocycles. The topological polar surface area (TPSA) is 237 Å². The lowest BCUT2D eigenvalue weighted by Gasteiger charge is -2.21. The fraction of sp³-hybridized carbons (Fsp3) is 0.867. The lowest BCUT2D eigenvalue weighted by atomic mass is 9.99. The number of ether oxygens (including phenoxy) is 4. The summed E-state index contributed by atoms with van der Waals surface area (Å²) in [5.41, 5.74) is 0. The Morgan fingerprint density at radius 2 is 0.709 bits per heavy atom. The Balaban J connectivity index is 5.17. The molecule has 0 saturated heterocycles. The average Bonchev–Trinajstić information content (AvgIpc) is 3.42. The molecule has 19 heteroatoms. The van der Waals surface area contributed by atoms with E-state index in [9.17, 15) is 43.2 Å². The van der Waals surface area contributed by atoms with Crippen LogP contribution in [0.3, 0.4) is 0 Å². The highest BCUT2D eigenvalue weighted by Crippen LogP contribution is 2.45. The molecule has 0 amide bonds. The smallest absolute Gasteiger partial charge is 0.462 e. The Morgan fingerprint density at radius 1 is 0.405 bits per heavy atom. The highest BCUT2D eigenvalue weighted by molar-refractivity contribution is 7.47. The van der Waals surface area contributed by atoms with Gasteiger partial charge in [-0.25, -0.2) is 9.13 Å². The van der Waals surface area contributed by atoms with Gasteiger partial charge in [-0.1, -0.05) is 219 Å². The first-order valence-electron chi connectivity index (χ1n) is 31.0. The maximum Gasteiger partial charge on any atom is 0.472 e. The molecule has 0 bridgehead atoms. The van der Waals surface area contributed by atoms with Gasteiger partial charge in [0.1, 0.15) is 19.3 Å². The zero-order valence-electron chi connectivity index (χ0n) is 50.0. The number of allylic oxidation sites excluding steroid dienone is 4. The van der Waals surface area contributed by atoms with Crippen molar-refractivity contribution in [2.75, 3.05) is 39.6 Å². The third-order valence-electron chi connectivity index (χ3n) is 13.5. The number of hydrogen-bond acceptors (Lipinski definition) is 15. The zero-order chi connectivity index (χ0) is 58.5. The number of rotatable bonds is 58. The summed E-state index contributed by atoms with van der Waals surface area (Å²) in [4.78, 5) is 71.5. The second-order valence-corrected chi connectivity index (χ2v) is 24.2.